The normalized spacial score (nSPS) is 14.3. The van der Waals surface area contributed by atoms with E-state index in [0.717, 1.165) is 5.75 Å². The molecule has 0 radical (unpaired) electrons. The third kappa shape index (κ3) is 5.47. The molecule has 1 saturated heterocycles. The zero-order valence-electron chi connectivity index (χ0n) is 15.6. The van der Waals surface area contributed by atoms with Crippen molar-refractivity contribution < 1.29 is 23.9 Å². The molecule has 1 heterocycles. The van der Waals surface area contributed by atoms with Gasteiger partial charge in [-0.3, -0.25) is 14.4 Å². The van der Waals surface area contributed by atoms with E-state index in [2.05, 4.69) is 4.74 Å². The zero-order chi connectivity index (χ0) is 19.1. The van der Waals surface area contributed by atoms with E-state index in [4.69, 9.17) is 4.74 Å². The molecule has 0 spiro atoms. The summed E-state index contributed by atoms with van der Waals surface area (Å²) in [6, 6.07) is 7.10. The minimum atomic E-state index is -0.392. The maximum absolute atomic E-state index is 12.6. The van der Waals surface area contributed by atoms with Crippen LogP contribution in [0.1, 0.15) is 37.0 Å². The van der Waals surface area contributed by atoms with E-state index in [-0.39, 0.29) is 30.8 Å². The second-order valence-corrected chi connectivity index (χ2v) is 6.44. The van der Waals surface area contributed by atoms with Gasteiger partial charge in [0, 0.05) is 38.2 Å². The number of rotatable bonds is 6. The van der Waals surface area contributed by atoms with Gasteiger partial charge >= 0.3 is 5.97 Å². The van der Waals surface area contributed by atoms with Gasteiger partial charge in [-0.15, -0.1) is 0 Å². The van der Waals surface area contributed by atoms with Crippen LogP contribution in [0.15, 0.2) is 24.3 Å². The maximum atomic E-state index is 12.6. The number of carbonyl (C=O) groups is 3. The molecule has 0 N–H and O–H groups in total. The molecule has 1 aliphatic heterocycles. The number of ether oxygens (including phenoxy) is 2. The average molecular weight is 362 g/mol. The first kappa shape index (κ1) is 19.8. The molecule has 26 heavy (non-hydrogen) atoms. The third-order valence-corrected chi connectivity index (χ3v) is 4.16. The Morgan fingerprint density at radius 3 is 2.08 bits per heavy atom. The number of esters is 1. The number of benzene rings is 1. The van der Waals surface area contributed by atoms with Gasteiger partial charge in [0.1, 0.15) is 5.75 Å². The summed E-state index contributed by atoms with van der Waals surface area (Å²) >= 11 is 0. The van der Waals surface area contributed by atoms with Crippen molar-refractivity contribution in [3.05, 3.63) is 29.8 Å². The molecule has 0 aliphatic carbocycles. The zero-order valence-corrected chi connectivity index (χ0v) is 15.6. The summed E-state index contributed by atoms with van der Waals surface area (Å²) in [5.74, 6) is 0.204. The number of nitrogens with zero attached hydrogens (tertiary/aromatic N) is 2. The monoisotopic (exact) mass is 362 g/mol. The first-order valence-electron chi connectivity index (χ1n) is 8.81. The van der Waals surface area contributed by atoms with E-state index < -0.39 is 5.97 Å². The van der Waals surface area contributed by atoms with Crippen LogP contribution in [0.3, 0.4) is 0 Å². The Morgan fingerprint density at radius 2 is 1.54 bits per heavy atom. The van der Waals surface area contributed by atoms with E-state index >= 15 is 0 Å². The van der Waals surface area contributed by atoms with Crippen molar-refractivity contribution in [2.45, 2.75) is 32.8 Å². The molecule has 7 heteroatoms. The van der Waals surface area contributed by atoms with Crippen LogP contribution in [0.4, 0.5) is 0 Å². The number of piperazine rings is 1. The van der Waals surface area contributed by atoms with Crippen molar-refractivity contribution >= 4 is 17.8 Å². The number of carbonyl (C=O) groups excluding carboxylic acids is 3. The lowest BCUT2D eigenvalue weighted by molar-refractivity contribution is -0.143. The van der Waals surface area contributed by atoms with Gasteiger partial charge in [0.15, 0.2) is 0 Å². The van der Waals surface area contributed by atoms with Gasteiger partial charge in [0.05, 0.1) is 19.6 Å². The quantitative estimate of drug-likeness (QED) is 0.720. The number of methoxy groups -OCH3 is 1. The van der Waals surface area contributed by atoms with Gasteiger partial charge < -0.3 is 19.3 Å². The molecule has 142 valence electrons. The van der Waals surface area contributed by atoms with Crippen LogP contribution < -0.4 is 4.74 Å². The fourth-order valence-corrected chi connectivity index (χ4v) is 2.76. The lowest BCUT2D eigenvalue weighted by Crippen LogP contribution is -2.50. The molecule has 2 amide bonds. The predicted octanol–water partition coefficient (Wildman–Crippen LogP) is 1.71. The topological polar surface area (TPSA) is 76.2 Å². The Morgan fingerprint density at radius 1 is 0.962 bits per heavy atom. The van der Waals surface area contributed by atoms with Crippen molar-refractivity contribution in [1.29, 1.82) is 0 Å². The maximum Gasteiger partial charge on any atom is 0.306 e. The van der Waals surface area contributed by atoms with Crippen molar-refractivity contribution in [3.63, 3.8) is 0 Å². The molecule has 0 aromatic heterocycles. The Hall–Kier alpha value is -2.57. The molecule has 0 saturated carbocycles. The molecule has 0 bridgehead atoms. The van der Waals surface area contributed by atoms with Crippen molar-refractivity contribution in [3.8, 4) is 5.75 Å². The largest absolute Gasteiger partial charge is 0.491 e. The summed E-state index contributed by atoms with van der Waals surface area (Å²) in [4.78, 5) is 39.2. The van der Waals surface area contributed by atoms with E-state index in [1.165, 1.54) is 7.11 Å². The summed E-state index contributed by atoms with van der Waals surface area (Å²) < 4.78 is 10.1. The fourth-order valence-electron chi connectivity index (χ4n) is 2.76. The predicted molar refractivity (Wildman–Crippen MR) is 95.9 cm³/mol. The van der Waals surface area contributed by atoms with Gasteiger partial charge in [0.2, 0.25) is 5.91 Å². The fraction of sp³-hybridized carbons (Fsp3) is 0.526. The van der Waals surface area contributed by atoms with Gasteiger partial charge in [-0.05, 0) is 38.1 Å². The van der Waals surface area contributed by atoms with Crippen LogP contribution >= 0.6 is 0 Å². The molecule has 2 rings (SSSR count). The van der Waals surface area contributed by atoms with Gasteiger partial charge in [-0.1, -0.05) is 0 Å². The molecule has 1 fully saturated rings. The molecule has 1 aromatic rings. The molecule has 7 nitrogen and oxygen atoms in total. The van der Waals surface area contributed by atoms with Crippen LogP contribution in [-0.4, -0.2) is 67.0 Å². The van der Waals surface area contributed by atoms with Crippen LogP contribution in [0.25, 0.3) is 0 Å². The molecule has 0 unspecified atom stereocenters. The van der Waals surface area contributed by atoms with E-state index in [1.54, 1.807) is 34.1 Å². The van der Waals surface area contributed by atoms with Gasteiger partial charge in [-0.25, -0.2) is 0 Å². The third-order valence-electron chi connectivity index (χ3n) is 4.16. The van der Waals surface area contributed by atoms with Crippen LogP contribution in [-0.2, 0) is 14.3 Å². The minimum absolute atomic E-state index is 0.0530. The summed E-state index contributed by atoms with van der Waals surface area (Å²) in [6.07, 6.45) is 0.304. The van der Waals surface area contributed by atoms with Gasteiger partial charge in [-0.2, -0.15) is 0 Å². The standard InChI is InChI=1S/C19H26N2O5/c1-14(2)26-16-6-4-15(5-7-16)19(24)21-12-10-20(11-13-21)17(22)8-9-18(23)25-3/h4-7,14H,8-13H2,1-3H3. The number of amides is 2. The highest BCUT2D eigenvalue weighted by molar-refractivity contribution is 5.94. The molecular weight excluding hydrogens is 336 g/mol. The summed E-state index contributed by atoms with van der Waals surface area (Å²) in [5.41, 5.74) is 0.603. The lowest BCUT2D eigenvalue weighted by atomic mass is 10.1. The van der Waals surface area contributed by atoms with Crippen LogP contribution in [0.2, 0.25) is 0 Å². The Labute approximate surface area is 153 Å². The molecule has 1 aromatic carbocycles. The smallest absolute Gasteiger partial charge is 0.306 e. The Balaban J connectivity index is 1.84. The minimum Gasteiger partial charge on any atom is -0.491 e. The first-order valence-corrected chi connectivity index (χ1v) is 8.81. The lowest BCUT2D eigenvalue weighted by Gasteiger charge is -2.34. The summed E-state index contributed by atoms with van der Waals surface area (Å²) in [6.45, 7) is 5.80. The Bertz CT molecular complexity index is 634. The summed E-state index contributed by atoms with van der Waals surface area (Å²) in [7, 11) is 1.30. The second-order valence-electron chi connectivity index (χ2n) is 6.44. The van der Waals surface area contributed by atoms with Crippen molar-refractivity contribution in [2.24, 2.45) is 0 Å². The summed E-state index contributed by atoms with van der Waals surface area (Å²) in [5, 5.41) is 0. The number of hydrogen-bond donors (Lipinski definition) is 0. The Kier molecular flexibility index (Phi) is 7.00. The van der Waals surface area contributed by atoms with E-state index in [1.807, 2.05) is 13.8 Å². The molecule has 0 atom stereocenters. The van der Waals surface area contributed by atoms with Crippen molar-refractivity contribution in [1.82, 2.24) is 9.80 Å². The first-order chi connectivity index (χ1) is 12.4. The van der Waals surface area contributed by atoms with E-state index in [0.29, 0.717) is 31.7 Å². The highest BCUT2D eigenvalue weighted by Crippen LogP contribution is 2.16. The molecular formula is C19H26N2O5. The highest BCUT2D eigenvalue weighted by Gasteiger charge is 2.25. The SMILES string of the molecule is COC(=O)CCC(=O)N1CCN(C(=O)c2ccc(OC(C)C)cc2)CC1. The average Bonchev–Trinajstić information content (AvgIpc) is 2.65. The van der Waals surface area contributed by atoms with Gasteiger partial charge in [0.25, 0.3) is 5.91 Å². The van der Waals surface area contributed by atoms with Crippen LogP contribution in [0.5, 0.6) is 5.75 Å². The number of hydrogen-bond acceptors (Lipinski definition) is 5. The molecule has 1 aliphatic rings. The highest BCUT2D eigenvalue weighted by atomic mass is 16.5. The second kappa shape index (κ2) is 9.22. The van der Waals surface area contributed by atoms with Crippen LogP contribution in [0, 0.1) is 0 Å². The van der Waals surface area contributed by atoms with E-state index in [9.17, 15) is 14.4 Å². The van der Waals surface area contributed by atoms with Crippen molar-refractivity contribution in [2.75, 3.05) is 33.3 Å².